The van der Waals surface area contributed by atoms with Crippen LogP contribution in [-0.4, -0.2) is 29.7 Å². The highest BCUT2D eigenvalue weighted by Gasteiger charge is 2.23. The molecule has 2 unspecified atom stereocenters. The van der Waals surface area contributed by atoms with E-state index in [1.807, 2.05) is 6.07 Å². The van der Waals surface area contributed by atoms with Crippen molar-refractivity contribution < 1.29 is 13.9 Å². The Labute approximate surface area is 121 Å². The molecule has 1 aromatic heterocycles. The van der Waals surface area contributed by atoms with Crippen LogP contribution >= 0.6 is 0 Å². The van der Waals surface area contributed by atoms with Crippen LogP contribution < -0.4 is 11.1 Å². The second-order valence-corrected chi connectivity index (χ2v) is 5.26. The van der Waals surface area contributed by atoms with Gasteiger partial charge in [0.05, 0.1) is 11.6 Å². The number of rotatable bonds is 4. The average molecular weight is 290 g/mol. The zero-order chi connectivity index (χ0) is 14.8. The third-order valence-corrected chi connectivity index (χ3v) is 3.81. The highest BCUT2D eigenvalue weighted by atomic mass is 16.5. The van der Waals surface area contributed by atoms with Gasteiger partial charge in [-0.05, 0) is 31.9 Å². The van der Waals surface area contributed by atoms with Gasteiger partial charge in [0.2, 0.25) is 5.91 Å². The van der Waals surface area contributed by atoms with Gasteiger partial charge in [0, 0.05) is 13.2 Å². The number of ether oxygens (including phenoxy) is 1. The van der Waals surface area contributed by atoms with E-state index in [9.17, 15) is 9.59 Å². The molecule has 6 nitrogen and oxygen atoms in total. The van der Waals surface area contributed by atoms with Crippen molar-refractivity contribution in [3.8, 4) is 0 Å². The molecule has 1 aromatic carbocycles. The van der Waals surface area contributed by atoms with E-state index in [1.54, 1.807) is 25.1 Å². The summed E-state index contributed by atoms with van der Waals surface area (Å²) in [5.41, 5.74) is 1.11. The Morgan fingerprint density at radius 3 is 3.05 bits per heavy atom. The van der Waals surface area contributed by atoms with Crippen molar-refractivity contribution in [2.45, 2.75) is 31.9 Å². The van der Waals surface area contributed by atoms with Gasteiger partial charge < -0.3 is 14.5 Å². The molecule has 21 heavy (non-hydrogen) atoms. The van der Waals surface area contributed by atoms with Gasteiger partial charge in [0.25, 0.3) is 0 Å². The number of fused-ring (bicyclic) bond motifs is 1. The fourth-order valence-electron chi connectivity index (χ4n) is 2.64. The first-order valence-corrected chi connectivity index (χ1v) is 7.16. The predicted octanol–water partition coefficient (Wildman–Crippen LogP) is 1.45. The van der Waals surface area contributed by atoms with Gasteiger partial charge >= 0.3 is 5.76 Å². The summed E-state index contributed by atoms with van der Waals surface area (Å²) in [6, 6.07) is 6.46. The highest BCUT2D eigenvalue weighted by molar-refractivity contribution is 5.82. The van der Waals surface area contributed by atoms with Crippen LogP contribution in [0.2, 0.25) is 0 Å². The van der Waals surface area contributed by atoms with Gasteiger partial charge in [-0.2, -0.15) is 0 Å². The second-order valence-electron chi connectivity index (χ2n) is 5.26. The van der Waals surface area contributed by atoms with Gasteiger partial charge in [-0.15, -0.1) is 0 Å². The monoisotopic (exact) mass is 290 g/mol. The maximum Gasteiger partial charge on any atom is 0.420 e. The first kappa shape index (κ1) is 13.9. The molecule has 6 heteroatoms. The van der Waals surface area contributed by atoms with Crippen LogP contribution in [0.1, 0.15) is 25.8 Å². The van der Waals surface area contributed by atoms with Crippen molar-refractivity contribution in [2.24, 2.45) is 0 Å². The molecule has 0 radical (unpaired) electrons. The number of carbonyl (C=O) groups is 1. The fraction of sp³-hybridized carbons (Fsp3) is 0.467. The van der Waals surface area contributed by atoms with E-state index in [1.165, 1.54) is 4.57 Å². The smallest absolute Gasteiger partial charge is 0.408 e. The first-order chi connectivity index (χ1) is 10.2. The normalized spacial score (nSPS) is 19.8. The lowest BCUT2D eigenvalue weighted by Gasteiger charge is -2.15. The highest BCUT2D eigenvalue weighted by Crippen LogP contribution is 2.17. The van der Waals surface area contributed by atoms with Crippen LogP contribution in [0.15, 0.2) is 33.5 Å². The van der Waals surface area contributed by atoms with Gasteiger partial charge in [-0.25, -0.2) is 4.79 Å². The third-order valence-electron chi connectivity index (χ3n) is 3.81. The summed E-state index contributed by atoms with van der Waals surface area (Å²) in [6.07, 6.45) is 2.07. The molecule has 0 saturated carbocycles. The molecule has 2 heterocycles. The molecule has 0 aliphatic carbocycles. The summed E-state index contributed by atoms with van der Waals surface area (Å²) < 4.78 is 12.0. The van der Waals surface area contributed by atoms with E-state index >= 15 is 0 Å². The summed E-state index contributed by atoms with van der Waals surface area (Å²) in [5, 5.41) is 2.84. The summed E-state index contributed by atoms with van der Waals surface area (Å²) >= 11 is 0. The molecule has 1 amide bonds. The largest absolute Gasteiger partial charge is 0.420 e. The Kier molecular flexibility index (Phi) is 3.79. The number of carbonyl (C=O) groups excluding carboxylic acids is 1. The summed E-state index contributed by atoms with van der Waals surface area (Å²) in [6.45, 7) is 2.92. The van der Waals surface area contributed by atoms with Crippen LogP contribution in [-0.2, 0) is 9.53 Å². The lowest BCUT2D eigenvalue weighted by atomic mass is 10.2. The number of nitrogens with one attached hydrogen (secondary N) is 1. The Hall–Kier alpha value is -2.08. The van der Waals surface area contributed by atoms with Crippen LogP contribution in [0.3, 0.4) is 0 Å². The van der Waals surface area contributed by atoms with Gasteiger partial charge in [0.15, 0.2) is 5.58 Å². The maximum atomic E-state index is 12.2. The minimum absolute atomic E-state index is 0.0824. The van der Waals surface area contributed by atoms with Crippen molar-refractivity contribution in [3.05, 3.63) is 34.8 Å². The number of hydrogen-bond acceptors (Lipinski definition) is 4. The van der Waals surface area contributed by atoms with Gasteiger partial charge in [0.1, 0.15) is 6.04 Å². The van der Waals surface area contributed by atoms with Crippen LogP contribution in [0.25, 0.3) is 11.1 Å². The molecular weight excluding hydrogens is 272 g/mol. The van der Waals surface area contributed by atoms with Crippen molar-refractivity contribution in [1.82, 2.24) is 9.88 Å². The number of para-hydroxylation sites is 2. The van der Waals surface area contributed by atoms with E-state index in [0.717, 1.165) is 19.4 Å². The fourth-order valence-corrected chi connectivity index (χ4v) is 2.64. The van der Waals surface area contributed by atoms with E-state index in [2.05, 4.69) is 5.32 Å². The minimum atomic E-state index is -0.623. The van der Waals surface area contributed by atoms with Crippen molar-refractivity contribution in [2.75, 3.05) is 13.2 Å². The van der Waals surface area contributed by atoms with Crippen molar-refractivity contribution >= 4 is 17.0 Å². The van der Waals surface area contributed by atoms with Crippen molar-refractivity contribution in [1.29, 1.82) is 0 Å². The van der Waals surface area contributed by atoms with Crippen molar-refractivity contribution in [3.63, 3.8) is 0 Å². The molecule has 1 aliphatic rings. The van der Waals surface area contributed by atoms with Crippen LogP contribution in [0.4, 0.5) is 0 Å². The average Bonchev–Trinajstić information content (AvgIpc) is 3.10. The molecule has 2 atom stereocenters. The first-order valence-electron chi connectivity index (χ1n) is 7.16. The van der Waals surface area contributed by atoms with Crippen LogP contribution in [0.5, 0.6) is 0 Å². The zero-order valence-electron chi connectivity index (χ0n) is 11.9. The number of oxazole rings is 1. The molecule has 112 valence electrons. The number of amides is 1. The summed E-state index contributed by atoms with van der Waals surface area (Å²) in [4.78, 5) is 24.2. The second kappa shape index (κ2) is 5.73. The molecule has 1 saturated heterocycles. The quantitative estimate of drug-likeness (QED) is 0.925. The Morgan fingerprint density at radius 2 is 2.29 bits per heavy atom. The Morgan fingerprint density at radius 1 is 1.48 bits per heavy atom. The lowest BCUT2D eigenvalue weighted by Crippen LogP contribution is -2.38. The predicted molar refractivity (Wildman–Crippen MR) is 77.2 cm³/mol. The minimum Gasteiger partial charge on any atom is -0.408 e. The molecule has 0 bridgehead atoms. The van der Waals surface area contributed by atoms with E-state index in [-0.39, 0.29) is 12.0 Å². The Balaban J connectivity index is 1.76. The standard InChI is InChI=1S/C15H18N2O4/c1-10(14(18)16-9-11-5-4-8-20-11)17-12-6-2-3-7-13(12)21-15(17)19/h2-3,6-7,10-11H,4-5,8-9H2,1H3,(H,16,18). The number of benzene rings is 1. The maximum absolute atomic E-state index is 12.2. The SMILES string of the molecule is CC(C(=O)NCC1CCCO1)n1c(=O)oc2ccccc21. The van der Waals surface area contributed by atoms with E-state index < -0.39 is 11.8 Å². The Bertz CT molecular complexity index is 697. The van der Waals surface area contributed by atoms with E-state index in [4.69, 9.17) is 9.15 Å². The number of hydrogen-bond donors (Lipinski definition) is 1. The van der Waals surface area contributed by atoms with Crippen LogP contribution in [0, 0.1) is 0 Å². The third kappa shape index (κ3) is 2.71. The topological polar surface area (TPSA) is 73.5 Å². The molecule has 3 rings (SSSR count). The summed E-state index contributed by atoms with van der Waals surface area (Å²) in [7, 11) is 0. The molecule has 1 aliphatic heterocycles. The number of nitrogens with zero attached hydrogens (tertiary/aromatic N) is 1. The molecule has 2 aromatic rings. The zero-order valence-corrected chi connectivity index (χ0v) is 11.9. The molecule has 1 N–H and O–H groups in total. The molecule has 1 fully saturated rings. The van der Waals surface area contributed by atoms with Gasteiger partial charge in [-0.3, -0.25) is 9.36 Å². The summed E-state index contributed by atoms with van der Waals surface area (Å²) in [5.74, 6) is -0.727. The van der Waals surface area contributed by atoms with Gasteiger partial charge in [-0.1, -0.05) is 12.1 Å². The molecule has 0 spiro atoms. The van der Waals surface area contributed by atoms with E-state index in [0.29, 0.717) is 17.6 Å². The lowest BCUT2D eigenvalue weighted by molar-refractivity contribution is -0.124. The molecular formula is C15H18N2O4. The number of aromatic nitrogens is 1.